The molecule has 0 unspecified atom stereocenters. The average Bonchev–Trinajstić information content (AvgIpc) is 2.40. The molecule has 2 atom stereocenters. The molecule has 5 nitrogen and oxygen atoms in total. The maximum atomic E-state index is 13.4. The highest BCUT2D eigenvalue weighted by molar-refractivity contribution is 5.96. The second-order valence-corrected chi connectivity index (χ2v) is 4.23. The summed E-state index contributed by atoms with van der Waals surface area (Å²) >= 11 is 0. The van der Waals surface area contributed by atoms with Gasteiger partial charge in [0.2, 0.25) is 0 Å². The van der Waals surface area contributed by atoms with Gasteiger partial charge in [0.05, 0.1) is 11.6 Å². The molecule has 20 heavy (non-hydrogen) atoms. The van der Waals surface area contributed by atoms with E-state index in [1.165, 1.54) is 6.92 Å². The van der Waals surface area contributed by atoms with Gasteiger partial charge >= 0.3 is 5.97 Å². The molecule has 1 amide bonds. The third-order valence-electron chi connectivity index (χ3n) is 2.61. The van der Waals surface area contributed by atoms with Crippen molar-refractivity contribution in [1.82, 2.24) is 5.32 Å². The number of carboxylic acid groups (broad SMARTS) is 1. The third-order valence-corrected chi connectivity index (χ3v) is 2.61. The van der Waals surface area contributed by atoms with Gasteiger partial charge < -0.3 is 10.4 Å². The minimum atomic E-state index is -1.35. The van der Waals surface area contributed by atoms with Gasteiger partial charge in [-0.1, -0.05) is 6.07 Å². The maximum absolute atomic E-state index is 13.4. The summed E-state index contributed by atoms with van der Waals surface area (Å²) in [6, 6.07) is 3.52. The number of nitrogens with one attached hydrogen (secondary N) is 1. The monoisotopic (exact) mass is 282 g/mol. The van der Waals surface area contributed by atoms with Gasteiger partial charge in [-0.3, -0.25) is 4.79 Å². The lowest BCUT2D eigenvalue weighted by Crippen LogP contribution is -2.42. The molecule has 0 aromatic heterocycles. The lowest BCUT2D eigenvalue weighted by Gasteiger charge is -2.15. The zero-order valence-corrected chi connectivity index (χ0v) is 10.6. The highest BCUT2D eigenvalue weighted by atomic mass is 19.2. The summed E-state index contributed by atoms with van der Waals surface area (Å²) in [5, 5.41) is 19.6. The number of rotatable bonds is 5. The lowest BCUT2D eigenvalue weighted by atomic mass is 10.0. The Morgan fingerprint density at radius 1 is 1.45 bits per heavy atom. The molecule has 0 aliphatic heterocycles. The summed E-state index contributed by atoms with van der Waals surface area (Å²) in [5.74, 6) is -5.54. The van der Waals surface area contributed by atoms with E-state index in [2.05, 4.69) is 5.32 Å². The van der Waals surface area contributed by atoms with Crippen molar-refractivity contribution in [3.63, 3.8) is 0 Å². The molecular weight excluding hydrogens is 270 g/mol. The van der Waals surface area contributed by atoms with Gasteiger partial charge in [0.25, 0.3) is 5.91 Å². The molecule has 0 heterocycles. The highest BCUT2D eigenvalue weighted by Crippen LogP contribution is 2.12. The van der Waals surface area contributed by atoms with Crippen LogP contribution in [0.5, 0.6) is 0 Å². The normalized spacial score (nSPS) is 13.1. The first-order valence-corrected chi connectivity index (χ1v) is 5.74. The minimum Gasteiger partial charge on any atom is -0.480 e. The number of amides is 1. The smallest absolute Gasteiger partial charge is 0.326 e. The Bertz CT molecular complexity index is 569. The predicted molar refractivity (Wildman–Crippen MR) is 64.6 cm³/mol. The molecule has 0 saturated carbocycles. The molecular formula is C13H12F2N2O3. The van der Waals surface area contributed by atoms with E-state index < -0.39 is 41.0 Å². The van der Waals surface area contributed by atoms with Gasteiger partial charge in [0, 0.05) is 5.92 Å². The quantitative estimate of drug-likeness (QED) is 0.860. The molecule has 0 aliphatic rings. The number of halogens is 2. The number of carbonyl (C=O) groups is 2. The van der Waals surface area contributed by atoms with E-state index in [0.717, 1.165) is 18.2 Å². The Morgan fingerprint density at radius 3 is 2.65 bits per heavy atom. The molecule has 7 heteroatoms. The van der Waals surface area contributed by atoms with Gasteiger partial charge in [-0.25, -0.2) is 13.6 Å². The second-order valence-electron chi connectivity index (χ2n) is 4.23. The first kappa shape index (κ1) is 15.6. The number of hydrogen-bond acceptors (Lipinski definition) is 3. The van der Waals surface area contributed by atoms with E-state index in [1.807, 2.05) is 6.07 Å². The summed E-state index contributed by atoms with van der Waals surface area (Å²) in [6.45, 7) is 1.49. The van der Waals surface area contributed by atoms with Crippen molar-refractivity contribution in [3.8, 4) is 6.07 Å². The van der Waals surface area contributed by atoms with Crippen LogP contribution in [0.3, 0.4) is 0 Å². The largest absolute Gasteiger partial charge is 0.480 e. The van der Waals surface area contributed by atoms with Crippen LogP contribution in [-0.2, 0) is 4.79 Å². The van der Waals surface area contributed by atoms with Crippen molar-refractivity contribution >= 4 is 11.9 Å². The molecule has 1 aromatic carbocycles. The summed E-state index contributed by atoms with van der Waals surface area (Å²) in [5.41, 5.74) is -0.583. The molecule has 1 aromatic rings. The summed E-state index contributed by atoms with van der Waals surface area (Å²) < 4.78 is 26.4. The molecule has 0 spiro atoms. The summed E-state index contributed by atoms with van der Waals surface area (Å²) in [7, 11) is 0. The molecule has 2 N–H and O–H groups in total. The summed E-state index contributed by atoms with van der Waals surface area (Å²) in [6.07, 6.45) is -0.130. The Labute approximate surface area is 113 Å². The first-order chi connectivity index (χ1) is 9.36. The van der Waals surface area contributed by atoms with Crippen molar-refractivity contribution < 1.29 is 23.5 Å². The van der Waals surface area contributed by atoms with E-state index in [1.54, 1.807) is 0 Å². The molecule has 0 radical (unpaired) electrons. The Kier molecular flexibility index (Phi) is 5.15. The van der Waals surface area contributed by atoms with Crippen LogP contribution in [0.1, 0.15) is 23.7 Å². The number of benzene rings is 1. The zero-order valence-electron chi connectivity index (χ0n) is 10.6. The van der Waals surface area contributed by atoms with E-state index in [9.17, 15) is 18.4 Å². The van der Waals surface area contributed by atoms with Gasteiger partial charge in [0.15, 0.2) is 11.6 Å². The average molecular weight is 282 g/mol. The SMILES string of the molecule is C[C@@H](C#N)C[C@@H](NC(=O)c1cccc(F)c1F)C(=O)O. The maximum Gasteiger partial charge on any atom is 0.326 e. The Balaban J connectivity index is 2.89. The van der Waals surface area contributed by atoms with Gasteiger partial charge in [-0.15, -0.1) is 0 Å². The molecule has 106 valence electrons. The van der Waals surface area contributed by atoms with Crippen LogP contribution in [-0.4, -0.2) is 23.0 Å². The molecule has 0 saturated heterocycles. The summed E-state index contributed by atoms with van der Waals surface area (Å²) in [4.78, 5) is 22.7. The number of aliphatic carboxylic acids is 1. The lowest BCUT2D eigenvalue weighted by molar-refractivity contribution is -0.139. The fraction of sp³-hybridized carbons (Fsp3) is 0.308. The van der Waals surface area contributed by atoms with Gasteiger partial charge in [-0.2, -0.15) is 5.26 Å². The molecule has 0 bridgehead atoms. The van der Waals surface area contributed by atoms with Crippen molar-refractivity contribution in [2.24, 2.45) is 5.92 Å². The van der Waals surface area contributed by atoms with Crippen molar-refractivity contribution in [2.45, 2.75) is 19.4 Å². The number of nitrogens with zero attached hydrogens (tertiary/aromatic N) is 1. The molecule has 0 fully saturated rings. The minimum absolute atomic E-state index is 0.130. The Morgan fingerprint density at radius 2 is 2.10 bits per heavy atom. The molecule has 0 aliphatic carbocycles. The predicted octanol–water partition coefficient (Wildman–Crippen LogP) is 1.70. The van der Waals surface area contributed by atoms with Gasteiger partial charge in [-0.05, 0) is 25.5 Å². The number of carbonyl (C=O) groups excluding carboxylic acids is 1. The van der Waals surface area contributed by atoms with Crippen LogP contribution >= 0.6 is 0 Å². The van der Waals surface area contributed by atoms with E-state index in [4.69, 9.17) is 10.4 Å². The van der Waals surface area contributed by atoms with Crippen molar-refractivity contribution in [3.05, 3.63) is 35.4 Å². The van der Waals surface area contributed by atoms with E-state index in [0.29, 0.717) is 0 Å². The zero-order chi connectivity index (χ0) is 15.3. The van der Waals surface area contributed by atoms with E-state index in [-0.39, 0.29) is 6.42 Å². The van der Waals surface area contributed by atoms with Gasteiger partial charge in [0.1, 0.15) is 6.04 Å². The Hall–Kier alpha value is -2.49. The van der Waals surface area contributed by atoms with Crippen LogP contribution in [0.15, 0.2) is 18.2 Å². The highest BCUT2D eigenvalue weighted by Gasteiger charge is 2.24. The fourth-order valence-electron chi connectivity index (χ4n) is 1.54. The first-order valence-electron chi connectivity index (χ1n) is 5.74. The molecule has 1 rings (SSSR count). The van der Waals surface area contributed by atoms with Crippen molar-refractivity contribution in [1.29, 1.82) is 5.26 Å². The standard InChI is InChI=1S/C13H12F2N2O3/c1-7(6-16)5-10(13(19)20)17-12(18)8-3-2-4-9(14)11(8)15/h2-4,7,10H,5H2,1H3,(H,17,18)(H,19,20)/t7-,10-/m1/s1. The van der Waals surface area contributed by atoms with Crippen LogP contribution in [0.4, 0.5) is 8.78 Å². The van der Waals surface area contributed by atoms with E-state index >= 15 is 0 Å². The van der Waals surface area contributed by atoms with Crippen LogP contribution < -0.4 is 5.32 Å². The fourth-order valence-corrected chi connectivity index (χ4v) is 1.54. The third kappa shape index (κ3) is 3.75. The topological polar surface area (TPSA) is 90.2 Å². The van der Waals surface area contributed by atoms with Crippen LogP contribution in [0, 0.1) is 28.9 Å². The number of carboxylic acids is 1. The second kappa shape index (κ2) is 6.61. The number of nitriles is 1. The van der Waals surface area contributed by atoms with Crippen LogP contribution in [0.25, 0.3) is 0 Å². The van der Waals surface area contributed by atoms with Crippen LogP contribution in [0.2, 0.25) is 0 Å². The van der Waals surface area contributed by atoms with Crippen molar-refractivity contribution in [2.75, 3.05) is 0 Å². The number of hydrogen-bond donors (Lipinski definition) is 2.